The summed E-state index contributed by atoms with van der Waals surface area (Å²) in [6.45, 7) is 0.393. The number of halogens is 1. The molecule has 0 radical (unpaired) electrons. The van der Waals surface area contributed by atoms with Gasteiger partial charge in [-0.05, 0) is 51.4 Å². The van der Waals surface area contributed by atoms with Crippen LogP contribution in [0, 0.1) is 0 Å². The molecule has 178 valence electrons. The van der Waals surface area contributed by atoms with Gasteiger partial charge >= 0.3 is 0 Å². The third-order valence-corrected chi connectivity index (χ3v) is 7.06. The molecule has 0 fully saturated rings. The molecule has 0 atom stereocenters. The zero-order valence-corrected chi connectivity index (χ0v) is 20.9. The van der Waals surface area contributed by atoms with E-state index in [2.05, 4.69) is 28.7 Å². The maximum Gasteiger partial charge on any atom is 0.250 e. The summed E-state index contributed by atoms with van der Waals surface area (Å²) in [6.07, 6.45) is 1.65. The van der Waals surface area contributed by atoms with Gasteiger partial charge in [-0.3, -0.25) is 4.79 Å². The summed E-state index contributed by atoms with van der Waals surface area (Å²) in [5, 5.41) is 9.30. The van der Waals surface area contributed by atoms with Gasteiger partial charge in [0, 0.05) is 15.5 Å². The van der Waals surface area contributed by atoms with Crippen LogP contribution in [0.5, 0.6) is 5.75 Å². The molecule has 5 rings (SSSR count). The fourth-order valence-corrected chi connectivity index (χ4v) is 4.94. The number of benzene rings is 5. The molecule has 5 aromatic carbocycles. The van der Waals surface area contributed by atoms with Gasteiger partial charge in [-0.2, -0.15) is 5.10 Å². The van der Waals surface area contributed by atoms with Gasteiger partial charge < -0.3 is 4.74 Å². The third kappa shape index (κ3) is 5.70. The Hall–Kier alpha value is -3.80. The molecule has 36 heavy (non-hydrogen) atoms. The van der Waals surface area contributed by atoms with Crippen LogP contribution in [0.25, 0.3) is 21.5 Å². The molecular formula is C30H23ClN2O2S. The number of ether oxygens (including phenoxy) is 1. The molecule has 0 heterocycles. The Labute approximate surface area is 218 Å². The van der Waals surface area contributed by atoms with E-state index in [0.717, 1.165) is 37.6 Å². The Bertz CT molecular complexity index is 1550. The van der Waals surface area contributed by atoms with E-state index in [-0.39, 0.29) is 11.7 Å². The third-order valence-electron chi connectivity index (χ3n) is 5.73. The quantitative estimate of drug-likeness (QED) is 0.134. The summed E-state index contributed by atoms with van der Waals surface area (Å²) in [7, 11) is 0. The van der Waals surface area contributed by atoms with Crippen LogP contribution in [-0.2, 0) is 11.4 Å². The number of amides is 1. The zero-order chi connectivity index (χ0) is 24.7. The van der Waals surface area contributed by atoms with Crippen molar-refractivity contribution >= 4 is 57.0 Å². The van der Waals surface area contributed by atoms with Gasteiger partial charge in [-0.25, -0.2) is 5.43 Å². The first-order chi connectivity index (χ1) is 17.7. The van der Waals surface area contributed by atoms with Crippen molar-refractivity contribution < 1.29 is 9.53 Å². The molecule has 1 N–H and O–H groups in total. The minimum atomic E-state index is -0.173. The molecule has 0 bridgehead atoms. The van der Waals surface area contributed by atoms with Crippen LogP contribution in [0.4, 0.5) is 0 Å². The molecule has 0 spiro atoms. The predicted molar refractivity (Wildman–Crippen MR) is 150 cm³/mol. The fourth-order valence-electron chi connectivity index (χ4n) is 3.94. The molecule has 6 heteroatoms. The molecule has 0 aliphatic rings. The van der Waals surface area contributed by atoms with Crippen LogP contribution in [0.2, 0.25) is 5.02 Å². The number of rotatable bonds is 8. The highest BCUT2D eigenvalue weighted by atomic mass is 35.5. The number of nitrogens with one attached hydrogen (secondary N) is 1. The van der Waals surface area contributed by atoms with Gasteiger partial charge in [0.2, 0.25) is 5.91 Å². The van der Waals surface area contributed by atoms with E-state index in [1.807, 2.05) is 84.9 Å². The summed E-state index contributed by atoms with van der Waals surface area (Å²) in [5.74, 6) is 0.778. The van der Waals surface area contributed by atoms with Gasteiger partial charge in [0.1, 0.15) is 12.4 Å². The van der Waals surface area contributed by atoms with Crippen molar-refractivity contribution in [3.8, 4) is 5.75 Å². The van der Waals surface area contributed by atoms with Crippen molar-refractivity contribution in [2.75, 3.05) is 5.75 Å². The molecule has 0 unspecified atom stereocenters. The fraction of sp³-hybridized carbons (Fsp3) is 0.0667. The Morgan fingerprint density at radius 1 is 0.833 bits per heavy atom. The summed E-state index contributed by atoms with van der Waals surface area (Å²) in [6, 6.07) is 33.8. The maximum absolute atomic E-state index is 12.5. The molecule has 5 aromatic rings. The van der Waals surface area contributed by atoms with Crippen molar-refractivity contribution in [3.05, 3.63) is 119 Å². The summed E-state index contributed by atoms with van der Waals surface area (Å²) in [5.41, 5.74) is 4.48. The molecule has 0 aliphatic heterocycles. The highest BCUT2D eigenvalue weighted by Gasteiger charge is 2.09. The first kappa shape index (κ1) is 23.9. The zero-order valence-electron chi connectivity index (χ0n) is 19.4. The second-order valence-electron chi connectivity index (χ2n) is 8.17. The van der Waals surface area contributed by atoms with E-state index in [9.17, 15) is 4.79 Å². The van der Waals surface area contributed by atoms with Crippen LogP contribution in [0.3, 0.4) is 0 Å². The number of hydrazone groups is 1. The monoisotopic (exact) mass is 510 g/mol. The van der Waals surface area contributed by atoms with Gasteiger partial charge in [-0.1, -0.05) is 90.5 Å². The SMILES string of the molecule is O=C(CSc1cccc2ccccc12)N/N=C/c1c(OCc2ccc(Cl)cc2)ccc2ccccc12. The van der Waals surface area contributed by atoms with E-state index in [1.165, 1.54) is 11.8 Å². The highest BCUT2D eigenvalue weighted by Crippen LogP contribution is 2.29. The molecule has 0 aromatic heterocycles. The molecule has 1 amide bonds. The lowest BCUT2D eigenvalue weighted by molar-refractivity contribution is -0.118. The van der Waals surface area contributed by atoms with Crippen molar-refractivity contribution in [1.82, 2.24) is 5.43 Å². The van der Waals surface area contributed by atoms with E-state index in [0.29, 0.717) is 17.4 Å². The van der Waals surface area contributed by atoms with Crippen LogP contribution in [-0.4, -0.2) is 17.9 Å². The van der Waals surface area contributed by atoms with Gasteiger partial charge in [0.15, 0.2) is 0 Å². The number of carbonyl (C=O) groups is 1. The highest BCUT2D eigenvalue weighted by molar-refractivity contribution is 8.00. The van der Waals surface area contributed by atoms with E-state index >= 15 is 0 Å². The Balaban J connectivity index is 1.29. The lowest BCUT2D eigenvalue weighted by Crippen LogP contribution is -2.19. The van der Waals surface area contributed by atoms with Gasteiger partial charge in [-0.15, -0.1) is 11.8 Å². The molecule has 0 aliphatic carbocycles. The van der Waals surface area contributed by atoms with Crippen molar-refractivity contribution in [1.29, 1.82) is 0 Å². The second kappa shape index (κ2) is 11.3. The Kier molecular flexibility index (Phi) is 7.50. The normalized spacial score (nSPS) is 11.2. The van der Waals surface area contributed by atoms with Crippen LogP contribution in [0.1, 0.15) is 11.1 Å². The Morgan fingerprint density at radius 3 is 2.33 bits per heavy atom. The van der Waals surface area contributed by atoms with Gasteiger partial charge in [0.25, 0.3) is 0 Å². The minimum absolute atomic E-state index is 0.173. The van der Waals surface area contributed by atoms with E-state index in [4.69, 9.17) is 16.3 Å². The lowest BCUT2D eigenvalue weighted by atomic mass is 10.0. The largest absolute Gasteiger partial charge is 0.488 e. The number of carbonyl (C=O) groups excluding carboxylic acids is 1. The first-order valence-electron chi connectivity index (χ1n) is 11.5. The van der Waals surface area contributed by atoms with Crippen molar-refractivity contribution in [3.63, 3.8) is 0 Å². The second-order valence-corrected chi connectivity index (χ2v) is 9.63. The minimum Gasteiger partial charge on any atom is -0.488 e. The standard InChI is InChI=1S/C30H23ClN2O2S/c31-24-15-12-21(13-16-24)19-35-28-17-14-23-7-1-3-9-25(23)27(28)18-32-33-30(34)20-36-29-11-5-8-22-6-2-4-10-26(22)29/h1-18H,19-20H2,(H,33,34)/b32-18+. The average molecular weight is 511 g/mol. The number of thioether (sulfide) groups is 1. The summed E-state index contributed by atoms with van der Waals surface area (Å²) in [4.78, 5) is 13.6. The van der Waals surface area contributed by atoms with Crippen molar-refractivity contribution in [2.45, 2.75) is 11.5 Å². The molecule has 0 saturated heterocycles. The number of hydrogen-bond donors (Lipinski definition) is 1. The predicted octanol–water partition coefficient (Wildman–Crippen LogP) is 7.47. The number of hydrogen-bond acceptors (Lipinski definition) is 4. The average Bonchev–Trinajstić information content (AvgIpc) is 2.92. The van der Waals surface area contributed by atoms with E-state index < -0.39 is 0 Å². The topological polar surface area (TPSA) is 50.7 Å². The van der Waals surface area contributed by atoms with Crippen LogP contribution in [0.15, 0.2) is 113 Å². The summed E-state index contributed by atoms with van der Waals surface area (Å²) >= 11 is 7.49. The lowest BCUT2D eigenvalue weighted by Gasteiger charge is -2.12. The number of fused-ring (bicyclic) bond motifs is 2. The number of nitrogens with zero attached hydrogens (tertiary/aromatic N) is 1. The molecular weight excluding hydrogens is 488 g/mol. The van der Waals surface area contributed by atoms with Crippen molar-refractivity contribution in [2.24, 2.45) is 5.10 Å². The first-order valence-corrected chi connectivity index (χ1v) is 12.9. The summed E-state index contributed by atoms with van der Waals surface area (Å²) < 4.78 is 6.12. The maximum atomic E-state index is 12.5. The Morgan fingerprint density at radius 2 is 1.53 bits per heavy atom. The van der Waals surface area contributed by atoms with E-state index in [1.54, 1.807) is 6.21 Å². The van der Waals surface area contributed by atoms with Gasteiger partial charge in [0.05, 0.1) is 12.0 Å². The van der Waals surface area contributed by atoms with Crippen LogP contribution >= 0.6 is 23.4 Å². The molecule has 4 nitrogen and oxygen atoms in total. The smallest absolute Gasteiger partial charge is 0.250 e. The van der Waals surface area contributed by atoms with Crippen LogP contribution < -0.4 is 10.2 Å². The molecule has 0 saturated carbocycles.